The minimum atomic E-state index is 0.433. The number of hydrogen-bond donors (Lipinski definition) is 1. The number of nitrogens with zero attached hydrogens (tertiary/aromatic N) is 2. The summed E-state index contributed by atoms with van der Waals surface area (Å²) in [5.41, 5.74) is 1.92. The second-order valence-corrected chi connectivity index (χ2v) is 6.65. The highest BCUT2D eigenvalue weighted by molar-refractivity contribution is 5.11. The van der Waals surface area contributed by atoms with Crippen molar-refractivity contribution in [1.29, 1.82) is 0 Å². The van der Waals surface area contributed by atoms with Crippen LogP contribution in [-0.2, 0) is 0 Å². The number of nitrogens with one attached hydrogen (secondary N) is 1. The van der Waals surface area contributed by atoms with Crippen LogP contribution in [0.2, 0.25) is 0 Å². The first kappa shape index (κ1) is 12.2. The lowest BCUT2D eigenvalue weighted by molar-refractivity contribution is 0.251. The highest BCUT2D eigenvalue weighted by atomic mass is 15.1. The van der Waals surface area contributed by atoms with E-state index in [9.17, 15) is 0 Å². The van der Waals surface area contributed by atoms with Crippen molar-refractivity contribution >= 4 is 0 Å². The van der Waals surface area contributed by atoms with Gasteiger partial charge in [-0.15, -0.1) is 0 Å². The minimum absolute atomic E-state index is 0.433. The Balaban J connectivity index is 1.86. The van der Waals surface area contributed by atoms with E-state index in [0.717, 1.165) is 13.1 Å². The molecule has 1 saturated carbocycles. The summed E-state index contributed by atoms with van der Waals surface area (Å²) in [5.74, 6) is 0.713. The van der Waals surface area contributed by atoms with Crippen LogP contribution in [0, 0.1) is 5.41 Å². The molecule has 2 aliphatic rings. The Labute approximate surface area is 110 Å². The fourth-order valence-electron chi connectivity index (χ4n) is 3.83. The van der Waals surface area contributed by atoms with Crippen LogP contribution in [0.5, 0.6) is 0 Å². The molecular formula is C15H25N3. The zero-order valence-corrected chi connectivity index (χ0v) is 11.7. The lowest BCUT2D eigenvalue weighted by Gasteiger charge is -2.32. The fraction of sp³-hybridized carbons (Fsp3) is 0.800. The van der Waals surface area contributed by atoms with Gasteiger partial charge in [-0.25, -0.2) is 4.98 Å². The Kier molecular flexibility index (Phi) is 3.18. The zero-order valence-electron chi connectivity index (χ0n) is 11.7. The van der Waals surface area contributed by atoms with Crippen molar-refractivity contribution < 1.29 is 0 Å². The van der Waals surface area contributed by atoms with E-state index in [4.69, 9.17) is 0 Å². The van der Waals surface area contributed by atoms with Crippen molar-refractivity contribution in [3.8, 4) is 0 Å². The third kappa shape index (κ3) is 2.09. The summed E-state index contributed by atoms with van der Waals surface area (Å²) in [7, 11) is 0. The highest BCUT2D eigenvalue weighted by Gasteiger charge is 2.37. The molecule has 1 aromatic heterocycles. The van der Waals surface area contributed by atoms with Gasteiger partial charge in [0.25, 0.3) is 0 Å². The molecular weight excluding hydrogens is 222 g/mol. The monoisotopic (exact) mass is 247 g/mol. The first-order valence-electron chi connectivity index (χ1n) is 7.41. The molecule has 1 N–H and O–H groups in total. The molecule has 1 saturated heterocycles. The van der Waals surface area contributed by atoms with Crippen molar-refractivity contribution in [2.24, 2.45) is 5.41 Å². The van der Waals surface area contributed by atoms with E-state index in [-0.39, 0.29) is 0 Å². The molecule has 1 atom stereocenters. The van der Waals surface area contributed by atoms with E-state index >= 15 is 0 Å². The van der Waals surface area contributed by atoms with E-state index in [1.807, 2.05) is 0 Å². The summed E-state index contributed by atoms with van der Waals surface area (Å²) in [6, 6.07) is 0.657. The summed E-state index contributed by atoms with van der Waals surface area (Å²) < 4.78 is 2.50. The number of aromatic nitrogens is 2. The first-order chi connectivity index (χ1) is 8.68. The normalized spacial score (nSPS) is 28.7. The minimum Gasteiger partial charge on any atom is -0.331 e. The standard InChI is InChI=1S/C15H25N3/c1-15(2)7-3-4-14(15)18-11-17-10-13(18)12-5-8-16-9-6-12/h10-12,14,16H,3-9H2,1-2H3. The lowest BCUT2D eigenvalue weighted by Crippen LogP contribution is -2.29. The third-order valence-electron chi connectivity index (χ3n) is 4.99. The maximum absolute atomic E-state index is 4.45. The van der Waals surface area contributed by atoms with Crippen molar-refractivity contribution in [3.05, 3.63) is 18.2 Å². The molecule has 100 valence electrons. The average Bonchev–Trinajstić information content (AvgIpc) is 2.95. The summed E-state index contributed by atoms with van der Waals surface area (Å²) in [6.07, 6.45) is 10.8. The molecule has 1 aromatic rings. The van der Waals surface area contributed by atoms with Crippen LogP contribution in [0.3, 0.4) is 0 Å². The maximum atomic E-state index is 4.45. The second kappa shape index (κ2) is 4.69. The lowest BCUT2D eigenvalue weighted by atomic mass is 9.86. The van der Waals surface area contributed by atoms with Crippen molar-refractivity contribution in [1.82, 2.24) is 14.9 Å². The van der Waals surface area contributed by atoms with Crippen LogP contribution < -0.4 is 5.32 Å². The molecule has 18 heavy (non-hydrogen) atoms. The van der Waals surface area contributed by atoms with Crippen LogP contribution in [-0.4, -0.2) is 22.6 Å². The Morgan fingerprint density at radius 3 is 2.72 bits per heavy atom. The number of rotatable bonds is 2. The van der Waals surface area contributed by atoms with Gasteiger partial charge >= 0.3 is 0 Å². The van der Waals surface area contributed by atoms with Crippen LogP contribution in [0.25, 0.3) is 0 Å². The third-order valence-corrected chi connectivity index (χ3v) is 4.99. The number of piperidine rings is 1. The van der Waals surface area contributed by atoms with E-state index in [0.29, 0.717) is 17.4 Å². The van der Waals surface area contributed by atoms with Crippen molar-refractivity contribution in [2.45, 2.75) is 57.9 Å². The van der Waals surface area contributed by atoms with E-state index in [1.165, 1.54) is 37.8 Å². The predicted octanol–water partition coefficient (Wildman–Crippen LogP) is 3.10. The molecule has 2 fully saturated rings. The quantitative estimate of drug-likeness (QED) is 0.870. The molecule has 0 radical (unpaired) electrons. The van der Waals surface area contributed by atoms with Crippen LogP contribution in [0.15, 0.2) is 12.5 Å². The highest BCUT2D eigenvalue weighted by Crippen LogP contribution is 2.47. The zero-order chi connectivity index (χ0) is 12.6. The molecule has 2 heterocycles. The van der Waals surface area contributed by atoms with Gasteiger partial charge in [-0.1, -0.05) is 20.3 Å². The molecule has 3 heteroatoms. The summed E-state index contributed by atoms with van der Waals surface area (Å²) in [6.45, 7) is 7.14. The van der Waals surface area contributed by atoms with Gasteiger partial charge in [-0.05, 0) is 44.2 Å². The molecule has 3 rings (SSSR count). The van der Waals surface area contributed by atoms with Crippen LogP contribution >= 0.6 is 0 Å². The van der Waals surface area contributed by atoms with E-state index in [1.54, 1.807) is 0 Å². The maximum Gasteiger partial charge on any atom is 0.0951 e. The SMILES string of the molecule is CC1(C)CCCC1n1cncc1C1CCNCC1. The van der Waals surface area contributed by atoms with Gasteiger partial charge in [0.15, 0.2) is 0 Å². The number of hydrogen-bond acceptors (Lipinski definition) is 2. The topological polar surface area (TPSA) is 29.9 Å². The smallest absolute Gasteiger partial charge is 0.0951 e. The van der Waals surface area contributed by atoms with Gasteiger partial charge in [-0.2, -0.15) is 0 Å². The van der Waals surface area contributed by atoms with E-state index < -0.39 is 0 Å². The second-order valence-electron chi connectivity index (χ2n) is 6.65. The van der Waals surface area contributed by atoms with Gasteiger partial charge < -0.3 is 9.88 Å². The molecule has 3 nitrogen and oxygen atoms in total. The van der Waals surface area contributed by atoms with Crippen molar-refractivity contribution in [3.63, 3.8) is 0 Å². The first-order valence-corrected chi connectivity index (χ1v) is 7.41. The average molecular weight is 247 g/mol. The van der Waals surface area contributed by atoms with Gasteiger partial charge in [0.2, 0.25) is 0 Å². The van der Waals surface area contributed by atoms with Crippen molar-refractivity contribution in [2.75, 3.05) is 13.1 Å². The summed E-state index contributed by atoms with van der Waals surface area (Å²) >= 11 is 0. The van der Waals surface area contributed by atoms with Gasteiger partial charge in [-0.3, -0.25) is 0 Å². The molecule has 0 aromatic carbocycles. The molecule has 1 aliphatic carbocycles. The van der Waals surface area contributed by atoms with E-state index in [2.05, 4.69) is 41.2 Å². The summed E-state index contributed by atoms with van der Waals surface area (Å²) in [4.78, 5) is 4.45. The summed E-state index contributed by atoms with van der Waals surface area (Å²) in [5, 5.41) is 3.45. The van der Waals surface area contributed by atoms with Gasteiger partial charge in [0, 0.05) is 23.9 Å². The van der Waals surface area contributed by atoms with Crippen LogP contribution in [0.4, 0.5) is 0 Å². The molecule has 0 bridgehead atoms. The molecule has 1 unspecified atom stereocenters. The Hall–Kier alpha value is -0.830. The Bertz CT molecular complexity index is 402. The van der Waals surface area contributed by atoms with Gasteiger partial charge in [0.05, 0.1) is 6.33 Å². The Morgan fingerprint density at radius 1 is 1.28 bits per heavy atom. The number of imidazole rings is 1. The Morgan fingerprint density at radius 2 is 2.06 bits per heavy atom. The molecule has 0 amide bonds. The molecule has 0 spiro atoms. The predicted molar refractivity (Wildman–Crippen MR) is 73.7 cm³/mol. The molecule has 1 aliphatic heterocycles. The van der Waals surface area contributed by atoms with Gasteiger partial charge in [0.1, 0.15) is 0 Å². The fourth-order valence-corrected chi connectivity index (χ4v) is 3.83. The van der Waals surface area contributed by atoms with Crippen LogP contribution in [0.1, 0.15) is 63.6 Å². The largest absolute Gasteiger partial charge is 0.331 e.